The van der Waals surface area contributed by atoms with Crippen LogP contribution in [0.15, 0.2) is 42.6 Å². The number of nitrogens with one attached hydrogen (secondary N) is 1. The Bertz CT molecular complexity index is 641. The van der Waals surface area contributed by atoms with Gasteiger partial charge in [0.1, 0.15) is 5.69 Å². The Kier molecular flexibility index (Phi) is 3.60. The zero-order valence-electron chi connectivity index (χ0n) is 10.1. The quantitative estimate of drug-likeness (QED) is 0.889. The van der Waals surface area contributed by atoms with Crippen molar-refractivity contribution in [3.8, 4) is 0 Å². The average Bonchev–Trinajstić information content (AvgIpc) is 2.38. The van der Waals surface area contributed by atoms with Crippen LogP contribution in [-0.4, -0.2) is 10.9 Å². The largest absolute Gasteiger partial charge is 0.416 e. The number of aromatic nitrogens is 1. The van der Waals surface area contributed by atoms with Gasteiger partial charge in [-0.2, -0.15) is 13.2 Å². The minimum Gasteiger partial charge on any atom is -0.399 e. The fourth-order valence-corrected chi connectivity index (χ4v) is 1.54. The van der Waals surface area contributed by atoms with E-state index in [1.165, 1.54) is 30.5 Å². The number of hydrogen-bond acceptors (Lipinski definition) is 3. The van der Waals surface area contributed by atoms with Crippen molar-refractivity contribution < 1.29 is 18.0 Å². The zero-order valence-corrected chi connectivity index (χ0v) is 10.1. The second kappa shape index (κ2) is 5.20. The lowest BCUT2D eigenvalue weighted by Crippen LogP contribution is -2.14. The number of nitrogens with zero attached hydrogens (tertiary/aromatic N) is 1. The topological polar surface area (TPSA) is 68.0 Å². The van der Waals surface area contributed by atoms with Gasteiger partial charge in [0.25, 0.3) is 5.91 Å². The molecule has 0 fully saturated rings. The van der Waals surface area contributed by atoms with Crippen molar-refractivity contribution in [2.75, 3.05) is 11.1 Å². The van der Waals surface area contributed by atoms with Crippen molar-refractivity contribution in [1.29, 1.82) is 0 Å². The van der Waals surface area contributed by atoms with E-state index < -0.39 is 17.6 Å². The third-order valence-electron chi connectivity index (χ3n) is 2.46. The third kappa shape index (κ3) is 3.25. The number of halogens is 3. The molecule has 0 bridgehead atoms. The summed E-state index contributed by atoms with van der Waals surface area (Å²) in [5.41, 5.74) is 5.07. The highest BCUT2D eigenvalue weighted by Gasteiger charge is 2.30. The van der Waals surface area contributed by atoms with Gasteiger partial charge in [0.15, 0.2) is 0 Å². The Balaban J connectivity index is 2.20. The molecule has 0 aliphatic rings. The summed E-state index contributed by atoms with van der Waals surface area (Å²) in [5.74, 6) is -0.628. The summed E-state index contributed by atoms with van der Waals surface area (Å²) in [6.07, 6.45) is -3.12. The number of hydrogen-bond donors (Lipinski definition) is 2. The molecule has 20 heavy (non-hydrogen) atoms. The standard InChI is InChI=1S/C13H10F3N3O/c14-13(15,16)8-2-1-3-10(6-8)19-12(20)11-7-9(17)4-5-18-11/h1-7H,(H2,17,18)(H,19,20). The maximum Gasteiger partial charge on any atom is 0.416 e. The number of carbonyl (C=O) groups excluding carboxylic acids is 1. The highest BCUT2D eigenvalue weighted by molar-refractivity contribution is 6.03. The van der Waals surface area contributed by atoms with Crippen LogP contribution >= 0.6 is 0 Å². The maximum atomic E-state index is 12.5. The van der Waals surface area contributed by atoms with Crippen molar-refractivity contribution in [3.63, 3.8) is 0 Å². The van der Waals surface area contributed by atoms with Crippen molar-refractivity contribution in [2.45, 2.75) is 6.18 Å². The van der Waals surface area contributed by atoms with Gasteiger partial charge < -0.3 is 11.1 Å². The summed E-state index contributed by atoms with van der Waals surface area (Å²) < 4.78 is 37.6. The first-order valence-electron chi connectivity index (χ1n) is 5.56. The molecule has 4 nitrogen and oxygen atoms in total. The van der Waals surface area contributed by atoms with Gasteiger partial charge in [0, 0.05) is 17.6 Å². The van der Waals surface area contributed by atoms with E-state index >= 15 is 0 Å². The van der Waals surface area contributed by atoms with Gasteiger partial charge in [0.2, 0.25) is 0 Å². The monoisotopic (exact) mass is 281 g/mol. The third-order valence-corrected chi connectivity index (χ3v) is 2.46. The number of nitrogen functional groups attached to an aromatic ring is 1. The summed E-state index contributed by atoms with van der Waals surface area (Å²) in [5, 5.41) is 2.34. The SMILES string of the molecule is Nc1ccnc(C(=O)Nc2cccc(C(F)(F)F)c2)c1. The lowest BCUT2D eigenvalue weighted by Gasteiger charge is -2.09. The van der Waals surface area contributed by atoms with E-state index in [4.69, 9.17) is 5.73 Å². The van der Waals surface area contributed by atoms with E-state index in [0.717, 1.165) is 12.1 Å². The molecule has 2 rings (SSSR count). The Morgan fingerprint density at radius 2 is 1.95 bits per heavy atom. The Morgan fingerprint density at radius 1 is 1.20 bits per heavy atom. The predicted molar refractivity (Wildman–Crippen MR) is 68.0 cm³/mol. The highest BCUT2D eigenvalue weighted by Crippen LogP contribution is 2.30. The molecular formula is C13H10F3N3O. The molecule has 1 heterocycles. The Morgan fingerprint density at radius 3 is 2.60 bits per heavy atom. The molecule has 7 heteroatoms. The molecule has 0 atom stereocenters. The summed E-state index contributed by atoms with van der Waals surface area (Å²) in [6, 6.07) is 7.19. The van der Waals surface area contributed by atoms with Crippen molar-refractivity contribution in [3.05, 3.63) is 53.9 Å². The van der Waals surface area contributed by atoms with Crippen LogP contribution < -0.4 is 11.1 Å². The summed E-state index contributed by atoms with van der Waals surface area (Å²) in [7, 11) is 0. The van der Waals surface area contributed by atoms with E-state index in [9.17, 15) is 18.0 Å². The molecule has 3 N–H and O–H groups in total. The van der Waals surface area contributed by atoms with Crippen LogP contribution in [0, 0.1) is 0 Å². The minimum atomic E-state index is -4.46. The first-order chi connectivity index (χ1) is 9.36. The van der Waals surface area contributed by atoms with Crippen LogP contribution in [0.1, 0.15) is 16.1 Å². The van der Waals surface area contributed by atoms with Crippen molar-refractivity contribution in [1.82, 2.24) is 4.98 Å². The fourth-order valence-electron chi connectivity index (χ4n) is 1.54. The van der Waals surface area contributed by atoms with Gasteiger partial charge in [0.05, 0.1) is 5.56 Å². The molecule has 0 unspecified atom stereocenters. The molecule has 104 valence electrons. The molecule has 0 radical (unpaired) electrons. The van der Waals surface area contributed by atoms with Crippen LogP contribution in [0.3, 0.4) is 0 Å². The molecule has 0 saturated heterocycles. The molecule has 0 saturated carbocycles. The maximum absolute atomic E-state index is 12.5. The molecule has 0 aliphatic heterocycles. The first-order valence-corrected chi connectivity index (χ1v) is 5.56. The molecule has 0 spiro atoms. The second-order valence-corrected chi connectivity index (χ2v) is 4.01. The molecule has 1 amide bonds. The molecule has 1 aromatic heterocycles. The van der Waals surface area contributed by atoms with Crippen LogP contribution in [0.4, 0.5) is 24.5 Å². The van der Waals surface area contributed by atoms with Gasteiger partial charge in [-0.05, 0) is 30.3 Å². The number of anilines is 2. The van der Waals surface area contributed by atoms with Crippen LogP contribution in [0.5, 0.6) is 0 Å². The lowest BCUT2D eigenvalue weighted by molar-refractivity contribution is -0.137. The molecule has 0 aliphatic carbocycles. The fraction of sp³-hybridized carbons (Fsp3) is 0.0769. The van der Waals surface area contributed by atoms with Gasteiger partial charge in [-0.25, -0.2) is 0 Å². The lowest BCUT2D eigenvalue weighted by atomic mass is 10.2. The van der Waals surface area contributed by atoms with E-state index in [-0.39, 0.29) is 11.4 Å². The van der Waals surface area contributed by atoms with Crippen molar-refractivity contribution in [2.24, 2.45) is 0 Å². The first kappa shape index (κ1) is 13.9. The summed E-state index contributed by atoms with van der Waals surface area (Å²) in [4.78, 5) is 15.6. The van der Waals surface area contributed by atoms with Gasteiger partial charge in [-0.3, -0.25) is 9.78 Å². The number of amides is 1. The Hall–Kier alpha value is -2.57. The number of rotatable bonds is 2. The minimum absolute atomic E-state index is 0.0300. The highest BCUT2D eigenvalue weighted by atomic mass is 19.4. The number of alkyl halides is 3. The second-order valence-electron chi connectivity index (χ2n) is 4.01. The smallest absolute Gasteiger partial charge is 0.399 e. The van der Waals surface area contributed by atoms with Crippen molar-refractivity contribution >= 4 is 17.3 Å². The predicted octanol–water partition coefficient (Wildman–Crippen LogP) is 2.93. The number of benzene rings is 1. The normalized spacial score (nSPS) is 11.2. The zero-order chi connectivity index (χ0) is 14.8. The van der Waals surface area contributed by atoms with Crippen LogP contribution in [-0.2, 0) is 6.18 Å². The average molecular weight is 281 g/mol. The van der Waals surface area contributed by atoms with E-state index in [0.29, 0.717) is 5.69 Å². The number of pyridine rings is 1. The molecule has 2 aromatic rings. The van der Waals surface area contributed by atoms with E-state index in [1.807, 2.05) is 0 Å². The van der Waals surface area contributed by atoms with Gasteiger partial charge in [-0.15, -0.1) is 0 Å². The summed E-state index contributed by atoms with van der Waals surface area (Å²) in [6.45, 7) is 0. The molecule has 1 aromatic carbocycles. The Labute approximate surface area is 112 Å². The van der Waals surface area contributed by atoms with Crippen LogP contribution in [0.2, 0.25) is 0 Å². The van der Waals surface area contributed by atoms with E-state index in [2.05, 4.69) is 10.3 Å². The van der Waals surface area contributed by atoms with Gasteiger partial charge in [-0.1, -0.05) is 6.07 Å². The number of nitrogens with two attached hydrogens (primary N) is 1. The summed E-state index contributed by atoms with van der Waals surface area (Å²) >= 11 is 0. The molecular weight excluding hydrogens is 271 g/mol. The van der Waals surface area contributed by atoms with E-state index in [1.54, 1.807) is 0 Å². The van der Waals surface area contributed by atoms with Gasteiger partial charge >= 0.3 is 6.18 Å². The number of carbonyl (C=O) groups is 1. The van der Waals surface area contributed by atoms with Crippen LogP contribution in [0.25, 0.3) is 0 Å².